The molecule has 15 heavy (non-hydrogen) atoms. The Hall–Kier alpha value is -1.31. The van der Waals surface area contributed by atoms with Crippen LogP contribution in [0.4, 0.5) is 0 Å². The minimum atomic E-state index is 0.294. The molecule has 0 radical (unpaired) electrons. The number of carbonyl (C=O) groups excluding carboxylic acids is 1. The van der Waals surface area contributed by atoms with Crippen molar-refractivity contribution in [2.75, 3.05) is 6.61 Å². The molecule has 82 valence electrons. The van der Waals surface area contributed by atoms with E-state index in [1.807, 2.05) is 12.1 Å². The van der Waals surface area contributed by atoms with E-state index in [-0.39, 0.29) is 0 Å². The highest BCUT2D eigenvalue weighted by molar-refractivity contribution is 5.74. The molecule has 0 fully saturated rings. The second-order valence-electron chi connectivity index (χ2n) is 4.85. The lowest BCUT2D eigenvalue weighted by Gasteiger charge is -2.18. The summed E-state index contributed by atoms with van der Waals surface area (Å²) < 4.78 is 5.57. The summed E-state index contributed by atoms with van der Waals surface area (Å²) in [6.07, 6.45) is 1.85. The SMILES string of the molecule is CC(C)(C)CCOc1ccc(C=O)cc1. The zero-order valence-corrected chi connectivity index (χ0v) is 9.62. The summed E-state index contributed by atoms with van der Waals surface area (Å²) in [5, 5.41) is 0. The van der Waals surface area contributed by atoms with Crippen molar-refractivity contribution in [3.63, 3.8) is 0 Å². The summed E-state index contributed by atoms with van der Waals surface area (Å²) in [5.74, 6) is 0.824. The molecule has 1 aromatic carbocycles. The average molecular weight is 206 g/mol. The van der Waals surface area contributed by atoms with Crippen LogP contribution in [0.2, 0.25) is 0 Å². The van der Waals surface area contributed by atoms with E-state index in [0.717, 1.165) is 18.5 Å². The van der Waals surface area contributed by atoms with Crippen LogP contribution in [0.1, 0.15) is 37.6 Å². The highest BCUT2D eigenvalue weighted by atomic mass is 16.5. The van der Waals surface area contributed by atoms with Crippen LogP contribution in [0.25, 0.3) is 0 Å². The van der Waals surface area contributed by atoms with E-state index in [1.165, 1.54) is 0 Å². The molecule has 2 heteroatoms. The number of hydrogen-bond acceptors (Lipinski definition) is 2. The van der Waals surface area contributed by atoms with Gasteiger partial charge >= 0.3 is 0 Å². The number of carbonyl (C=O) groups is 1. The Morgan fingerprint density at radius 1 is 1.20 bits per heavy atom. The fourth-order valence-corrected chi connectivity index (χ4v) is 1.12. The lowest BCUT2D eigenvalue weighted by atomic mass is 9.93. The first-order valence-electron chi connectivity index (χ1n) is 5.19. The summed E-state index contributed by atoms with van der Waals surface area (Å²) in [5.41, 5.74) is 0.973. The van der Waals surface area contributed by atoms with E-state index < -0.39 is 0 Å². The molecule has 2 nitrogen and oxygen atoms in total. The summed E-state index contributed by atoms with van der Waals surface area (Å²) in [6.45, 7) is 7.27. The molecule has 0 bridgehead atoms. The molecule has 0 aliphatic heterocycles. The third-order valence-electron chi connectivity index (χ3n) is 2.14. The molecule has 0 unspecified atom stereocenters. The van der Waals surface area contributed by atoms with Gasteiger partial charge in [0.1, 0.15) is 12.0 Å². The summed E-state index contributed by atoms with van der Waals surface area (Å²) >= 11 is 0. The van der Waals surface area contributed by atoms with E-state index in [4.69, 9.17) is 4.74 Å². The first-order chi connectivity index (χ1) is 7.01. The Balaban J connectivity index is 2.41. The maximum absolute atomic E-state index is 10.4. The van der Waals surface area contributed by atoms with Crippen LogP contribution in [-0.2, 0) is 0 Å². The molecule has 0 saturated carbocycles. The Kier molecular flexibility index (Phi) is 3.89. The van der Waals surface area contributed by atoms with Crippen LogP contribution < -0.4 is 4.74 Å². The maximum Gasteiger partial charge on any atom is 0.150 e. The lowest BCUT2D eigenvalue weighted by Crippen LogP contribution is -2.11. The van der Waals surface area contributed by atoms with Crippen molar-refractivity contribution in [2.45, 2.75) is 27.2 Å². The minimum Gasteiger partial charge on any atom is -0.494 e. The van der Waals surface area contributed by atoms with Gasteiger partial charge < -0.3 is 4.74 Å². The van der Waals surface area contributed by atoms with Crippen LogP contribution in [-0.4, -0.2) is 12.9 Å². The molecular formula is C13H18O2. The summed E-state index contributed by atoms with van der Waals surface area (Å²) in [6, 6.07) is 7.18. The molecule has 0 heterocycles. The molecule has 0 N–H and O–H groups in total. The van der Waals surface area contributed by atoms with Gasteiger partial charge in [-0.3, -0.25) is 4.79 Å². The van der Waals surface area contributed by atoms with Crippen LogP contribution in [0, 0.1) is 5.41 Å². The quantitative estimate of drug-likeness (QED) is 0.706. The predicted molar refractivity (Wildman–Crippen MR) is 61.4 cm³/mol. The molecule has 0 aliphatic carbocycles. The molecule has 0 amide bonds. The van der Waals surface area contributed by atoms with Crippen molar-refractivity contribution >= 4 is 6.29 Å². The molecule has 0 saturated heterocycles. The van der Waals surface area contributed by atoms with Gasteiger partial charge in [-0.05, 0) is 36.1 Å². The lowest BCUT2D eigenvalue weighted by molar-refractivity contribution is 0.112. The van der Waals surface area contributed by atoms with Crippen LogP contribution in [0.15, 0.2) is 24.3 Å². The zero-order valence-electron chi connectivity index (χ0n) is 9.62. The van der Waals surface area contributed by atoms with Crippen molar-refractivity contribution < 1.29 is 9.53 Å². The van der Waals surface area contributed by atoms with Gasteiger partial charge in [0, 0.05) is 5.56 Å². The van der Waals surface area contributed by atoms with Gasteiger partial charge in [-0.25, -0.2) is 0 Å². The molecule has 0 atom stereocenters. The molecule has 0 aliphatic rings. The Morgan fingerprint density at radius 3 is 2.27 bits per heavy atom. The Bertz CT molecular complexity index is 306. The van der Waals surface area contributed by atoms with Crippen molar-refractivity contribution in [1.29, 1.82) is 0 Å². The van der Waals surface area contributed by atoms with Crippen LogP contribution >= 0.6 is 0 Å². The van der Waals surface area contributed by atoms with Crippen molar-refractivity contribution in [3.8, 4) is 5.75 Å². The topological polar surface area (TPSA) is 26.3 Å². The maximum atomic E-state index is 10.4. The summed E-state index contributed by atoms with van der Waals surface area (Å²) in [7, 11) is 0. The third-order valence-corrected chi connectivity index (χ3v) is 2.14. The largest absolute Gasteiger partial charge is 0.494 e. The molecule has 1 rings (SSSR count). The van der Waals surface area contributed by atoms with Gasteiger partial charge in [0.05, 0.1) is 6.61 Å². The van der Waals surface area contributed by atoms with Gasteiger partial charge in [-0.1, -0.05) is 20.8 Å². The molecular weight excluding hydrogens is 188 g/mol. The van der Waals surface area contributed by atoms with Gasteiger partial charge in [0.25, 0.3) is 0 Å². The van der Waals surface area contributed by atoms with Gasteiger partial charge in [0.15, 0.2) is 0 Å². The molecule has 1 aromatic rings. The van der Waals surface area contributed by atoms with Crippen molar-refractivity contribution in [1.82, 2.24) is 0 Å². The van der Waals surface area contributed by atoms with E-state index in [2.05, 4.69) is 20.8 Å². The van der Waals surface area contributed by atoms with Gasteiger partial charge in [-0.15, -0.1) is 0 Å². The van der Waals surface area contributed by atoms with E-state index in [9.17, 15) is 4.79 Å². The van der Waals surface area contributed by atoms with E-state index in [1.54, 1.807) is 12.1 Å². The first-order valence-corrected chi connectivity index (χ1v) is 5.19. The molecule has 0 spiro atoms. The number of rotatable bonds is 4. The third kappa shape index (κ3) is 4.63. The average Bonchev–Trinajstić information content (AvgIpc) is 2.17. The van der Waals surface area contributed by atoms with E-state index in [0.29, 0.717) is 17.6 Å². The fraction of sp³-hybridized carbons (Fsp3) is 0.462. The predicted octanol–water partition coefficient (Wildman–Crippen LogP) is 3.31. The van der Waals surface area contributed by atoms with Gasteiger partial charge in [-0.2, -0.15) is 0 Å². The number of hydrogen-bond donors (Lipinski definition) is 0. The van der Waals surface area contributed by atoms with Crippen LogP contribution in [0.5, 0.6) is 5.75 Å². The second-order valence-corrected chi connectivity index (χ2v) is 4.85. The van der Waals surface area contributed by atoms with Crippen LogP contribution in [0.3, 0.4) is 0 Å². The number of ether oxygens (including phenoxy) is 1. The smallest absolute Gasteiger partial charge is 0.150 e. The number of aldehydes is 1. The Morgan fingerprint density at radius 2 is 1.80 bits per heavy atom. The highest BCUT2D eigenvalue weighted by Crippen LogP contribution is 2.19. The minimum absolute atomic E-state index is 0.294. The van der Waals surface area contributed by atoms with Crippen molar-refractivity contribution in [3.05, 3.63) is 29.8 Å². The van der Waals surface area contributed by atoms with Crippen molar-refractivity contribution in [2.24, 2.45) is 5.41 Å². The first kappa shape index (κ1) is 11.8. The fourth-order valence-electron chi connectivity index (χ4n) is 1.12. The normalized spacial score (nSPS) is 11.1. The monoisotopic (exact) mass is 206 g/mol. The van der Waals surface area contributed by atoms with E-state index >= 15 is 0 Å². The molecule has 0 aromatic heterocycles. The summed E-state index contributed by atoms with van der Waals surface area (Å²) in [4.78, 5) is 10.4. The standard InChI is InChI=1S/C13H18O2/c1-13(2,3)8-9-15-12-6-4-11(10-14)5-7-12/h4-7,10H,8-9H2,1-3H3. The zero-order chi connectivity index (χ0) is 11.3. The second kappa shape index (κ2) is 4.96. The Labute approximate surface area is 91.3 Å². The highest BCUT2D eigenvalue weighted by Gasteiger charge is 2.09. The van der Waals surface area contributed by atoms with Gasteiger partial charge in [0.2, 0.25) is 0 Å². The number of benzene rings is 1.